The Bertz CT molecular complexity index is 2070. The van der Waals surface area contributed by atoms with Gasteiger partial charge >= 0.3 is 0 Å². The quantitative estimate of drug-likeness (QED) is 0.186. The van der Waals surface area contributed by atoms with Gasteiger partial charge in [0.2, 0.25) is 0 Å². The highest BCUT2D eigenvalue weighted by Crippen LogP contribution is 2.54. The van der Waals surface area contributed by atoms with Crippen molar-refractivity contribution < 1.29 is 5.11 Å². The molecule has 0 saturated carbocycles. The van der Waals surface area contributed by atoms with Crippen molar-refractivity contribution in [3.63, 3.8) is 0 Å². The van der Waals surface area contributed by atoms with Crippen molar-refractivity contribution in [3.8, 4) is 22.3 Å². The van der Waals surface area contributed by atoms with Gasteiger partial charge in [-0.15, -0.1) is 0 Å². The Balaban J connectivity index is 1.43. The van der Waals surface area contributed by atoms with E-state index in [1.807, 2.05) is 18.2 Å². The zero-order valence-electron chi connectivity index (χ0n) is 21.3. The summed E-state index contributed by atoms with van der Waals surface area (Å²) in [5, 5.41) is 20.3. The van der Waals surface area contributed by atoms with Crippen molar-refractivity contribution in [2.24, 2.45) is 0 Å². The van der Waals surface area contributed by atoms with E-state index in [2.05, 4.69) is 141 Å². The fraction of sp³-hybridized carbons (Fsp3) is 0.0270. The Hall–Kier alpha value is -3.76. The Morgan fingerprint density at radius 1 is 0.400 bits per heavy atom. The first-order valence-corrected chi connectivity index (χ1v) is 14.9. The largest absolute Gasteiger partial charge is 0.376 e. The van der Waals surface area contributed by atoms with E-state index in [0.717, 1.165) is 47.9 Å². The van der Waals surface area contributed by atoms with Crippen LogP contribution >= 0.6 is 31.9 Å². The molecule has 0 aliphatic heterocycles. The van der Waals surface area contributed by atoms with Gasteiger partial charge in [0.15, 0.2) is 0 Å². The Labute approximate surface area is 249 Å². The van der Waals surface area contributed by atoms with Crippen LogP contribution in [0.4, 0.5) is 0 Å². The molecular weight excluding hydrogens is 620 g/mol. The molecule has 1 aliphatic rings. The average Bonchev–Trinajstić information content (AvgIpc) is 3.24. The van der Waals surface area contributed by atoms with Crippen LogP contribution in [-0.4, -0.2) is 5.11 Å². The van der Waals surface area contributed by atoms with Gasteiger partial charge in [-0.25, -0.2) is 0 Å². The highest BCUT2D eigenvalue weighted by atomic mass is 79.9. The van der Waals surface area contributed by atoms with Gasteiger partial charge in [-0.1, -0.05) is 129 Å². The normalized spacial score (nSPS) is 13.6. The van der Waals surface area contributed by atoms with Crippen LogP contribution in [0.25, 0.3) is 54.6 Å². The van der Waals surface area contributed by atoms with E-state index in [9.17, 15) is 5.11 Å². The monoisotopic (exact) mass is 640 g/mol. The zero-order chi connectivity index (χ0) is 27.0. The van der Waals surface area contributed by atoms with Crippen LogP contribution < -0.4 is 0 Å². The molecule has 7 aromatic rings. The molecule has 0 heterocycles. The van der Waals surface area contributed by atoms with Crippen molar-refractivity contribution >= 4 is 64.2 Å². The Morgan fingerprint density at radius 2 is 0.875 bits per heavy atom. The van der Waals surface area contributed by atoms with Crippen molar-refractivity contribution in [2.45, 2.75) is 5.60 Å². The van der Waals surface area contributed by atoms with Crippen LogP contribution in [-0.2, 0) is 5.60 Å². The van der Waals surface area contributed by atoms with Gasteiger partial charge in [0.05, 0.1) is 0 Å². The van der Waals surface area contributed by atoms with Crippen molar-refractivity contribution in [1.29, 1.82) is 0 Å². The van der Waals surface area contributed by atoms with Gasteiger partial charge < -0.3 is 5.11 Å². The SMILES string of the molecule is OC1(c2ccccc2-c2ccc3c4ccccc4c4ccccc4c3c2)c2cc(Br)ccc2-c2ccc(Br)cc21. The number of fused-ring (bicyclic) bond motifs is 9. The third-order valence-corrected chi connectivity index (χ3v) is 9.39. The van der Waals surface area contributed by atoms with E-state index in [1.165, 1.54) is 32.3 Å². The third-order valence-electron chi connectivity index (χ3n) is 8.41. The summed E-state index contributed by atoms with van der Waals surface area (Å²) in [6.45, 7) is 0. The second-order valence-electron chi connectivity index (χ2n) is 10.5. The maximum absolute atomic E-state index is 12.8. The molecule has 40 heavy (non-hydrogen) atoms. The Kier molecular flexibility index (Phi) is 5.34. The first kappa shape index (κ1) is 24.1. The number of benzene rings is 7. The molecule has 0 radical (unpaired) electrons. The molecule has 0 fully saturated rings. The van der Waals surface area contributed by atoms with Crippen molar-refractivity contribution in [3.05, 3.63) is 153 Å². The van der Waals surface area contributed by atoms with Gasteiger partial charge in [-0.05, 0) is 84.9 Å². The van der Waals surface area contributed by atoms with Crippen LogP contribution in [0.3, 0.4) is 0 Å². The number of halogens is 2. The number of aliphatic hydroxyl groups is 1. The lowest BCUT2D eigenvalue weighted by atomic mass is 9.80. The van der Waals surface area contributed by atoms with Gasteiger partial charge in [-0.2, -0.15) is 0 Å². The molecule has 1 nitrogen and oxygen atoms in total. The second kappa shape index (κ2) is 8.87. The molecule has 7 aromatic carbocycles. The molecular formula is C37H22Br2O. The van der Waals surface area contributed by atoms with Crippen molar-refractivity contribution in [1.82, 2.24) is 0 Å². The summed E-state index contributed by atoms with van der Waals surface area (Å²) in [5.74, 6) is 0. The lowest BCUT2D eigenvalue weighted by Gasteiger charge is -2.29. The maximum Gasteiger partial charge on any atom is 0.142 e. The fourth-order valence-electron chi connectivity index (χ4n) is 6.66. The Morgan fingerprint density at radius 3 is 1.45 bits per heavy atom. The summed E-state index contributed by atoms with van der Waals surface area (Å²) in [7, 11) is 0. The maximum atomic E-state index is 12.8. The standard InChI is InChI=1S/C37H22Br2O/c38-23-14-17-31-32-18-15-24(39)21-36(32)37(40,35(31)20-23)34-12-6-5-7-25(34)22-13-16-30-28-10-2-1-8-26(28)27-9-3-4-11-29(27)33(30)19-22/h1-21,40H. The first-order chi connectivity index (χ1) is 19.5. The summed E-state index contributed by atoms with van der Waals surface area (Å²) in [4.78, 5) is 0. The minimum absolute atomic E-state index is 0.871. The first-order valence-electron chi connectivity index (χ1n) is 13.3. The number of rotatable bonds is 2. The third kappa shape index (κ3) is 3.35. The lowest BCUT2D eigenvalue weighted by molar-refractivity contribution is 0.131. The summed E-state index contributed by atoms with van der Waals surface area (Å²) in [5.41, 5.74) is 5.54. The smallest absolute Gasteiger partial charge is 0.142 e. The molecule has 0 atom stereocenters. The summed E-state index contributed by atoms with van der Waals surface area (Å²) < 4.78 is 1.89. The molecule has 190 valence electrons. The lowest BCUT2D eigenvalue weighted by Crippen LogP contribution is -2.27. The predicted octanol–water partition coefficient (Wildman–Crippen LogP) is 10.6. The average molecular weight is 642 g/mol. The van der Waals surface area contributed by atoms with E-state index < -0.39 is 5.60 Å². The van der Waals surface area contributed by atoms with Crippen LogP contribution in [0.5, 0.6) is 0 Å². The molecule has 1 aliphatic carbocycles. The highest BCUT2D eigenvalue weighted by molar-refractivity contribution is 9.10. The van der Waals surface area contributed by atoms with Crippen molar-refractivity contribution in [2.75, 3.05) is 0 Å². The molecule has 0 unspecified atom stereocenters. The van der Waals surface area contributed by atoms with Crippen LogP contribution in [0.1, 0.15) is 16.7 Å². The topological polar surface area (TPSA) is 20.2 Å². The fourth-order valence-corrected chi connectivity index (χ4v) is 7.38. The van der Waals surface area contributed by atoms with Gasteiger partial charge in [0.1, 0.15) is 5.60 Å². The summed E-state index contributed by atoms with van der Waals surface area (Å²) in [6, 6.07) is 44.7. The van der Waals surface area contributed by atoms with E-state index in [1.54, 1.807) is 0 Å². The van der Waals surface area contributed by atoms with E-state index in [0.29, 0.717) is 0 Å². The summed E-state index contributed by atoms with van der Waals surface area (Å²) in [6.07, 6.45) is 0. The van der Waals surface area contributed by atoms with E-state index in [4.69, 9.17) is 0 Å². The predicted molar refractivity (Wildman–Crippen MR) is 174 cm³/mol. The molecule has 0 amide bonds. The molecule has 8 rings (SSSR count). The molecule has 0 saturated heterocycles. The van der Waals surface area contributed by atoms with Gasteiger partial charge in [0, 0.05) is 25.6 Å². The molecule has 0 bridgehead atoms. The highest BCUT2D eigenvalue weighted by Gasteiger charge is 2.44. The molecule has 3 heteroatoms. The number of hydrogen-bond acceptors (Lipinski definition) is 1. The van der Waals surface area contributed by atoms with Crippen LogP contribution in [0.2, 0.25) is 0 Å². The zero-order valence-corrected chi connectivity index (χ0v) is 24.5. The molecule has 0 spiro atoms. The molecule has 1 N–H and O–H groups in total. The minimum atomic E-state index is -1.31. The van der Waals surface area contributed by atoms with Crippen LogP contribution in [0.15, 0.2) is 136 Å². The minimum Gasteiger partial charge on any atom is -0.376 e. The second-order valence-corrected chi connectivity index (χ2v) is 12.3. The summed E-state index contributed by atoms with van der Waals surface area (Å²) >= 11 is 7.32. The van der Waals surface area contributed by atoms with Gasteiger partial charge in [0.25, 0.3) is 0 Å². The van der Waals surface area contributed by atoms with Crippen LogP contribution in [0, 0.1) is 0 Å². The van der Waals surface area contributed by atoms with E-state index in [-0.39, 0.29) is 0 Å². The van der Waals surface area contributed by atoms with E-state index >= 15 is 0 Å². The number of hydrogen-bond donors (Lipinski definition) is 1. The molecule has 0 aromatic heterocycles. The van der Waals surface area contributed by atoms with Gasteiger partial charge in [-0.3, -0.25) is 0 Å².